The SMILES string of the molecule is C1=COc2c(c3c(c4ccccc24)-c2ccccc2OC=3)=C1. The first-order chi connectivity index (χ1) is 10.9. The van der Waals surface area contributed by atoms with Gasteiger partial charge < -0.3 is 9.47 Å². The maximum Gasteiger partial charge on any atom is 0.142 e. The van der Waals surface area contributed by atoms with E-state index in [0.29, 0.717) is 0 Å². The molecule has 0 saturated heterocycles. The van der Waals surface area contributed by atoms with Crippen LogP contribution in [-0.2, 0) is 0 Å². The number of hydrogen-bond acceptors (Lipinski definition) is 2. The highest BCUT2D eigenvalue weighted by molar-refractivity contribution is 6.02. The van der Waals surface area contributed by atoms with Gasteiger partial charge in [-0.2, -0.15) is 0 Å². The number of benzene rings is 3. The Bertz CT molecular complexity index is 1070. The smallest absolute Gasteiger partial charge is 0.142 e. The highest BCUT2D eigenvalue weighted by atomic mass is 16.5. The topological polar surface area (TPSA) is 18.5 Å². The van der Waals surface area contributed by atoms with E-state index in [-0.39, 0.29) is 0 Å². The van der Waals surface area contributed by atoms with Crippen LogP contribution in [0.25, 0.3) is 34.2 Å². The van der Waals surface area contributed by atoms with Gasteiger partial charge in [0.1, 0.15) is 11.5 Å². The minimum Gasteiger partial charge on any atom is -0.464 e. The molecule has 0 fully saturated rings. The molecule has 3 aromatic carbocycles. The maximum atomic E-state index is 5.84. The fourth-order valence-electron chi connectivity index (χ4n) is 3.29. The molecule has 3 aromatic rings. The van der Waals surface area contributed by atoms with E-state index >= 15 is 0 Å². The number of fused-ring (bicyclic) bond motifs is 8. The summed E-state index contributed by atoms with van der Waals surface area (Å²) >= 11 is 0. The Labute approximate surface area is 127 Å². The highest BCUT2D eigenvalue weighted by Gasteiger charge is 2.19. The molecule has 0 aliphatic carbocycles. The summed E-state index contributed by atoms with van der Waals surface area (Å²) in [7, 11) is 0. The molecule has 0 spiro atoms. The van der Waals surface area contributed by atoms with Crippen molar-refractivity contribution in [1.29, 1.82) is 0 Å². The minimum atomic E-state index is 0.896. The van der Waals surface area contributed by atoms with Gasteiger partial charge >= 0.3 is 0 Å². The van der Waals surface area contributed by atoms with Gasteiger partial charge in [-0.1, -0.05) is 42.5 Å². The Kier molecular flexibility index (Phi) is 2.25. The molecule has 0 radical (unpaired) electrons. The molecule has 2 aliphatic heterocycles. The second kappa shape index (κ2) is 4.25. The molecule has 2 nitrogen and oxygen atoms in total. The van der Waals surface area contributed by atoms with Crippen molar-refractivity contribution in [2.45, 2.75) is 0 Å². The molecule has 0 N–H and O–H groups in total. The van der Waals surface area contributed by atoms with Crippen LogP contribution in [0.15, 0.2) is 60.9 Å². The Morgan fingerprint density at radius 2 is 1.55 bits per heavy atom. The molecular weight excluding hydrogens is 272 g/mol. The van der Waals surface area contributed by atoms with Crippen molar-refractivity contribution < 1.29 is 9.47 Å². The molecule has 2 aliphatic rings. The Hall–Kier alpha value is -3.00. The lowest BCUT2D eigenvalue weighted by molar-refractivity contribution is 0.478. The third-order valence-corrected chi connectivity index (χ3v) is 4.23. The van der Waals surface area contributed by atoms with Crippen LogP contribution in [-0.4, -0.2) is 0 Å². The standard InChI is InChI=1S/C20H12O2/c1-2-7-14-13(6-1)19-16-8-3-4-10-18(16)22-12-17(19)15-9-5-11-21-20(14)15/h1-12H. The summed E-state index contributed by atoms with van der Waals surface area (Å²) in [6, 6.07) is 16.5. The van der Waals surface area contributed by atoms with Crippen molar-refractivity contribution in [2.24, 2.45) is 0 Å². The van der Waals surface area contributed by atoms with Gasteiger partial charge in [-0.15, -0.1) is 0 Å². The molecule has 0 saturated carbocycles. The van der Waals surface area contributed by atoms with Crippen LogP contribution in [0.2, 0.25) is 0 Å². The summed E-state index contributed by atoms with van der Waals surface area (Å²) in [6.07, 6.45) is 7.56. The summed E-state index contributed by atoms with van der Waals surface area (Å²) < 4.78 is 11.6. The molecule has 2 heteroatoms. The van der Waals surface area contributed by atoms with Gasteiger partial charge in [-0.3, -0.25) is 0 Å². The summed E-state index contributed by atoms with van der Waals surface area (Å²) in [5.41, 5.74) is 2.34. The minimum absolute atomic E-state index is 0.896. The van der Waals surface area contributed by atoms with E-state index in [1.54, 1.807) is 6.26 Å². The molecule has 104 valence electrons. The molecule has 0 amide bonds. The highest BCUT2D eigenvalue weighted by Crippen LogP contribution is 2.36. The van der Waals surface area contributed by atoms with E-state index in [4.69, 9.17) is 9.47 Å². The molecule has 2 heterocycles. The van der Waals surface area contributed by atoms with Gasteiger partial charge in [-0.25, -0.2) is 0 Å². The first kappa shape index (κ1) is 11.6. The van der Waals surface area contributed by atoms with Crippen LogP contribution in [0.4, 0.5) is 0 Å². The van der Waals surface area contributed by atoms with Crippen molar-refractivity contribution in [1.82, 2.24) is 0 Å². The molecule has 0 aromatic heterocycles. The lowest BCUT2D eigenvalue weighted by Crippen LogP contribution is -2.32. The van der Waals surface area contributed by atoms with Gasteiger partial charge in [0.05, 0.1) is 12.5 Å². The van der Waals surface area contributed by atoms with Crippen molar-refractivity contribution in [3.05, 3.63) is 71.3 Å². The average Bonchev–Trinajstić information content (AvgIpc) is 2.61. The number of rotatable bonds is 0. The Morgan fingerprint density at radius 3 is 2.50 bits per heavy atom. The van der Waals surface area contributed by atoms with E-state index in [1.807, 2.05) is 36.6 Å². The lowest BCUT2D eigenvalue weighted by Gasteiger charge is -2.20. The Morgan fingerprint density at radius 1 is 0.727 bits per heavy atom. The zero-order chi connectivity index (χ0) is 14.5. The quantitative estimate of drug-likeness (QED) is 0.630. The largest absolute Gasteiger partial charge is 0.464 e. The summed E-state index contributed by atoms with van der Waals surface area (Å²) in [5, 5.41) is 4.47. The van der Waals surface area contributed by atoms with Crippen molar-refractivity contribution in [3.63, 3.8) is 0 Å². The third kappa shape index (κ3) is 1.44. The van der Waals surface area contributed by atoms with Crippen LogP contribution in [0.1, 0.15) is 0 Å². The molecule has 0 atom stereocenters. The van der Waals surface area contributed by atoms with Gasteiger partial charge in [0, 0.05) is 27.0 Å². The van der Waals surface area contributed by atoms with Crippen molar-refractivity contribution in [2.75, 3.05) is 0 Å². The fourth-order valence-corrected chi connectivity index (χ4v) is 3.29. The first-order valence-corrected chi connectivity index (χ1v) is 7.28. The van der Waals surface area contributed by atoms with E-state index in [9.17, 15) is 0 Å². The second-order valence-corrected chi connectivity index (χ2v) is 5.42. The number of para-hydroxylation sites is 1. The molecule has 0 unspecified atom stereocenters. The van der Waals surface area contributed by atoms with Crippen LogP contribution >= 0.6 is 0 Å². The van der Waals surface area contributed by atoms with Crippen LogP contribution < -0.4 is 19.9 Å². The van der Waals surface area contributed by atoms with Gasteiger partial charge in [0.25, 0.3) is 0 Å². The zero-order valence-electron chi connectivity index (χ0n) is 11.7. The number of hydrogen-bond donors (Lipinski definition) is 0. The molecule has 5 rings (SSSR count). The molecule has 22 heavy (non-hydrogen) atoms. The first-order valence-electron chi connectivity index (χ1n) is 7.28. The lowest BCUT2D eigenvalue weighted by atomic mass is 9.92. The van der Waals surface area contributed by atoms with Crippen LogP contribution in [0.3, 0.4) is 0 Å². The fraction of sp³-hybridized carbons (Fsp3) is 0. The van der Waals surface area contributed by atoms with Gasteiger partial charge in [0.15, 0.2) is 0 Å². The Balaban J connectivity index is 2.08. The van der Waals surface area contributed by atoms with E-state index in [1.165, 1.54) is 10.9 Å². The predicted octanol–water partition coefficient (Wildman–Crippen LogP) is 3.32. The molecular formula is C20H12O2. The third-order valence-electron chi connectivity index (χ3n) is 4.23. The van der Waals surface area contributed by atoms with E-state index < -0.39 is 0 Å². The summed E-state index contributed by atoms with van der Waals surface area (Å²) in [6.45, 7) is 0. The maximum absolute atomic E-state index is 5.84. The normalized spacial score (nSPS) is 13.8. The van der Waals surface area contributed by atoms with E-state index in [0.717, 1.165) is 32.9 Å². The van der Waals surface area contributed by atoms with Crippen LogP contribution in [0, 0.1) is 0 Å². The van der Waals surface area contributed by atoms with E-state index in [2.05, 4.69) is 30.3 Å². The zero-order valence-corrected chi connectivity index (χ0v) is 11.7. The van der Waals surface area contributed by atoms with Gasteiger partial charge in [0.2, 0.25) is 0 Å². The van der Waals surface area contributed by atoms with Crippen molar-refractivity contribution in [3.8, 4) is 22.6 Å². The number of ether oxygens (including phenoxy) is 2. The van der Waals surface area contributed by atoms with Gasteiger partial charge in [-0.05, 0) is 23.6 Å². The average molecular weight is 284 g/mol. The van der Waals surface area contributed by atoms with Crippen molar-refractivity contribution >= 4 is 23.1 Å². The monoisotopic (exact) mass is 284 g/mol. The summed E-state index contributed by atoms with van der Waals surface area (Å²) in [4.78, 5) is 0. The molecule has 0 bridgehead atoms. The number of allylic oxidation sites excluding steroid dienone is 1. The van der Waals surface area contributed by atoms with Crippen LogP contribution in [0.5, 0.6) is 11.5 Å². The second-order valence-electron chi connectivity index (χ2n) is 5.42. The summed E-state index contributed by atoms with van der Waals surface area (Å²) in [5.74, 6) is 1.79. The predicted molar refractivity (Wildman–Crippen MR) is 88.0 cm³/mol.